The summed E-state index contributed by atoms with van der Waals surface area (Å²) in [6, 6.07) is 28.9. The van der Waals surface area contributed by atoms with E-state index in [1.165, 1.54) is 0 Å². The van der Waals surface area contributed by atoms with Crippen LogP contribution in [0.5, 0.6) is 17.2 Å². The highest BCUT2D eigenvalue weighted by Crippen LogP contribution is 2.72. The van der Waals surface area contributed by atoms with Crippen LogP contribution in [-0.4, -0.2) is 26.7 Å². The van der Waals surface area contributed by atoms with Crippen molar-refractivity contribution in [3.8, 4) is 17.2 Å². The molecule has 0 aliphatic rings. The predicted molar refractivity (Wildman–Crippen MR) is 168 cm³/mol. The van der Waals surface area contributed by atoms with E-state index < -0.39 is 31.6 Å². The molecular weight excluding hydrogens is 569 g/mol. The Hall–Kier alpha value is -3.46. The molecular formula is C34H40O6S2. The molecule has 0 aliphatic carbocycles. The van der Waals surface area contributed by atoms with Crippen molar-refractivity contribution in [2.45, 2.75) is 79.3 Å². The third-order valence-corrected chi connectivity index (χ3v) is 11.3. The van der Waals surface area contributed by atoms with Gasteiger partial charge in [-0.15, -0.1) is 0 Å². The molecule has 0 heterocycles. The Morgan fingerprint density at radius 1 is 0.571 bits per heavy atom. The van der Waals surface area contributed by atoms with Gasteiger partial charge in [-0.25, -0.2) is 3.63 Å². The summed E-state index contributed by atoms with van der Waals surface area (Å²) in [7, 11) is -5.63. The molecule has 4 aromatic carbocycles. The highest BCUT2D eigenvalue weighted by Gasteiger charge is 2.40. The van der Waals surface area contributed by atoms with Gasteiger partial charge in [-0.1, -0.05) is 29.8 Å². The lowest BCUT2D eigenvalue weighted by atomic mass is 10.2. The van der Waals surface area contributed by atoms with Gasteiger partial charge in [0.25, 0.3) is 0 Å². The molecule has 0 amide bonds. The molecule has 42 heavy (non-hydrogen) atoms. The first kappa shape index (κ1) is 31.5. The Kier molecular flexibility index (Phi) is 9.02. The van der Waals surface area contributed by atoms with Crippen LogP contribution in [-0.2, 0) is 13.7 Å². The Labute approximate surface area is 252 Å². The Morgan fingerprint density at radius 3 is 1.43 bits per heavy atom. The SMILES string of the molecule is COc1ccccc1S(OS(=O)(=O)c1ccc(C)cc1)(c1ccc(OC(C)(C)C)cc1)c1ccc(OC(C)(C)C)cc1. The summed E-state index contributed by atoms with van der Waals surface area (Å²) in [5.41, 5.74) is 0.144. The van der Waals surface area contributed by atoms with Crippen LogP contribution in [0.3, 0.4) is 0 Å². The fourth-order valence-corrected chi connectivity index (χ4v) is 9.65. The molecule has 0 aliphatic heterocycles. The number of ether oxygens (including phenoxy) is 3. The summed E-state index contributed by atoms with van der Waals surface area (Å²) >= 11 is 0. The maximum Gasteiger partial charge on any atom is 0.307 e. The normalized spacial score (nSPS) is 13.0. The van der Waals surface area contributed by atoms with Gasteiger partial charge in [0.05, 0.1) is 16.9 Å². The van der Waals surface area contributed by atoms with E-state index in [0.717, 1.165) is 5.56 Å². The molecule has 4 aromatic rings. The minimum Gasteiger partial charge on any atom is -0.496 e. The quantitative estimate of drug-likeness (QED) is 0.189. The third-order valence-electron chi connectivity index (χ3n) is 6.04. The van der Waals surface area contributed by atoms with Gasteiger partial charge in [0, 0.05) is 9.79 Å². The summed E-state index contributed by atoms with van der Waals surface area (Å²) in [4.78, 5) is 2.00. The molecule has 0 radical (unpaired) electrons. The van der Waals surface area contributed by atoms with Crippen molar-refractivity contribution in [1.82, 2.24) is 0 Å². The second-order valence-electron chi connectivity index (χ2n) is 11.9. The lowest BCUT2D eigenvalue weighted by molar-refractivity contribution is 0.130. The van der Waals surface area contributed by atoms with Gasteiger partial charge in [-0.2, -0.15) is 8.42 Å². The Morgan fingerprint density at radius 2 is 1.00 bits per heavy atom. The maximum atomic E-state index is 14.1. The molecule has 0 saturated heterocycles. The van der Waals surface area contributed by atoms with Crippen molar-refractivity contribution >= 4 is 20.4 Å². The van der Waals surface area contributed by atoms with E-state index in [1.54, 1.807) is 31.4 Å². The van der Waals surface area contributed by atoms with E-state index in [9.17, 15) is 8.42 Å². The molecule has 0 aromatic heterocycles. The van der Waals surface area contributed by atoms with E-state index in [2.05, 4.69) is 0 Å². The molecule has 6 nitrogen and oxygen atoms in total. The van der Waals surface area contributed by atoms with Crippen LogP contribution in [0.1, 0.15) is 47.1 Å². The van der Waals surface area contributed by atoms with Crippen LogP contribution in [0, 0.1) is 6.92 Å². The van der Waals surface area contributed by atoms with Crippen molar-refractivity contribution in [1.29, 1.82) is 0 Å². The smallest absolute Gasteiger partial charge is 0.307 e. The lowest BCUT2D eigenvalue weighted by Gasteiger charge is -2.40. The monoisotopic (exact) mass is 608 g/mol. The van der Waals surface area contributed by atoms with Crippen LogP contribution in [0.15, 0.2) is 117 Å². The van der Waals surface area contributed by atoms with Gasteiger partial charge in [-0.3, -0.25) is 0 Å². The molecule has 224 valence electrons. The van der Waals surface area contributed by atoms with Crippen LogP contribution >= 0.6 is 10.3 Å². The topological polar surface area (TPSA) is 71.1 Å². The number of hydrogen-bond acceptors (Lipinski definition) is 6. The molecule has 0 saturated carbocycles. The Balaban J connectivity index is 2.01. The average molecular weight is 609 g/mol. The third kappa shape index (κ3) is 7.30. The fraction of sp³-hybridized carbons (Fsp3) is 0.294. The number of rotatable bonds is 9. The first-order valence-corrected chi connectivity index (χ1v) is 16.7. The van der Waals surface area contributed by atoms with E-state index >= 15 is 0 Å². The zero-order valence-corrected chi connectivity index (χ0v) is 27.1. The van der Waals surface area contributed by atoms with Crippen molar-refractivity contribution < 1.29 is 26.3 Å². The van der Waals surface area contributed by atoms with Crippen LogP contribution in [0.2, 0.25) is 0 Å². The minimum atomic E-state index is -4.26. The molecule has 4 rings (SSSR count). The van der Waals surface area contributed by atoms with E-state index in [-0.39, 0.29) is 4.90 Å². The second kappa shape index (κ2) is 12.0. The number of para-hydroxylation sites is 1. The van der Waals surface area contributed by atoms with Gasteiger partial charge in [0.2, 0.25) is 0 Å². The highest BCUT2D eigenvalue weighted by atomic mass is 32.3. The van der Waals surface area contributed by atoms with Crippen molar-refractivity contribution in [2.75, 3.05) is 7.11 Å². The standard InChI is InChI=1S/C34H40O6S2/c1-25-13-19-30(20-14-25)42(35,36)40-41(32-12-10-9-11-31(32)37-8,28-21-15-26(16-22-28)38-33(2,3)4)29-23-17-27(18-24-29)39-34(5,6)7/h9-24H,1-8H3. The van der Waals surface area contributed by atoms with Gasteiger partial charge in [0.15, 0.2) is 0 Å². The highest BCUT2D eigenvalue weighted by molar-refractivity contribution is 8.33. The maximum absolute atomic E-state index is 14.1. The van der Waals surface area contributed by atoms with E-state index in [0.29, 0.717) is 31.9 Å². The minimum absolute atomic E-state index is 0.0697. The Bertz CT molecular complexity index is 1540. The molecule has 0 bridgehead atoms. The predicted octanol–water partition coefficient (Wildman–Crippen LogP) is 8.96. The fourth-order valence-electron chi connectivity index (χ4n) is 4.35. The van der Waals surface area contributed by atoms with E-state index in [4.69, 9.17) is 17.8 Å². The molecule has 0 N–H and O–H groups in total. The lowest BCUT2D eigenvalue weighted by Crippen LogP contribution is -2.23. The summed E-state index contributed by atoms with van der Waals surface area (Å²) in [5.74, 6) is 1.83. The van der Waals surface area contributed by atoms with Crippen molar-refractivity contribution in [3.63, 3.8) is 0 Å². The summed E-state index contributed by atoms with van der Waals surface area (Å²) in [6.07, 6.45) is 0. The first-order chi connectivity index (χ1) is 19.6. The first-order valence-electron chi connectivity index (χ1n) is 13.7. The second-order valence-corrected chi connectivity index (χ2v) is 16.3. The van der Waals surface area contributed by atoms with Gasteiger partial charge in [0.1, 0.15) is 28.5 Å². The number of benzene rings is 4. The number of methoxy groups -OCH3 is 1. The zero-order chi connectivity index (χ0) is 30.8. The average Bonchev–Trinajstić information content (AvgIpc) is 2.91. The van der Waals surface area contributed by atoms with Gasteiger partial charge < -0.3 is 14.2 Å². The van der Waals surface area contributed by atoms with Crippen molar-refractivity contribution in [3.05, 3.63) is 103 Å². The largest absolute Gasteiger partial charge is 0.496 e. The van der Waals surface area contributed by atoms with Crippen LogP contribution < -0.4 is 14.2 Å². The van der Waals surface area contributed by atoms with Crippen LogP contribution in [0.25, 0.3) is 0 Å². The summed E-state index contributed by atoms with van der Waals surface area (Å²) in [5, 5.41) is 0. The zero-order valence-electron chi connectivity index (χ0n) is 25.5. The van der Waals surface area contributed by atoms with Gasteiger partial charge >= 0.3 is 10.1 Å². The summed E-state index contributed by atoms with van der Waals surface area (Å²) in [6.45, 7) is 13.8. The number of hydrogen-bond donors (Lipinski definition) is 0. The molecule has 0 unspecified atom stereocenters. The molecule has 0 fully saturated rings. The number of aryl methyl sites for hydroxylation is 1. The molecule has 0 spiro atoms. The molecule has 8 heteroatoms. The molecule has 0 atom stereocenters. The van der Waals surface area contributed by atoms with Gasteiger partial charge in [-0.05, 0) is 132 Å². The summed E-state index contributed by atoms with van der Waals surface area (Å²) < 4.78 is 52.7. The van der Waals surface area contributed by atoms with Crippen LogP contribution in [0.4, 0.5) is 0 Å². The van der Waals surface area contributed by atoms with Crippen molar-refractivity contribution in [2.24, 2.45) is 0 Å². The van der Waals surface area contributed by atoms with E-state index in [1.807, 2.05) is 121 Å².